The van der Waals surface area contributed by atoms with E-state index in [1.165, 1.54) is 6.07 Å². The number of ether oxygens (including phenoxy) is 2. The molecule has 3 amide bonds. The molecule has 1 atom stereocenters. The first-order chi connectivity index (χ1) is 17.3. The number of fused-ring (bicyclic) bond motifs is 1. The maximum absolute atomic E-state index is 13.0. The molecule has 2 heterocycles. The van der Waals surface area contributed by atoms with Gasteiger partial charge in [0.15, 0.2) is 6.10 Å². The first-order valence-corrected chi connectivity index (χ1v) is 12.3. The van der Waals surface area contributed by atoms with Crippen LogP contribution in [0.4, 0.5) is 31.1 Å². The Bertz CT molecular complexity index is 1110. The number of carbonyl (C=O) groups excluding carboxylic acids is 2. The molecular weight excluding hydrogens is 508 g/mol. The Morgan fingerprint density at radius 3 is 2.43 bits per heavy atom. The predicted molar refractivity (Wildman–Crippen MR) is 114 cm³/mol. The lowest BCUT2D eigenvalue weighted by Crippen LogP contribution is -2.84. The van der Waals surface area contributed by atoms with Crippen molar-refractivity contribution in [2.45, 2.75) is 86.8 Å². The van der Waals surface area contributed by atoms with Crippen molar-refractivity contribution in [3.8, 4) is 5.75 Å². The predicted octanol–water partition coefficient (Wildman–Crippen LogP) is 4.00. The highest BCUT2D eigenvalue weighted by Gasteiger charge is 2.73. The van der Waals surface area contributed by atoms with Crippen LogP contribution in [0.3, 0.4) is 0 Å². The van der Waals surface area contributed by atoms with Crippen molar-refractivity contribution in [3.05, 3.63) is 29.3 Å². The fraction of sp³-hybridized carbons (Fsp3) is 0.667. The van der Waals surface area contributed by atoms with E-state index in [1.807, 2.05) is 0 Å². The van der Waals surface area contributed by atoms with Crippen molar-refractivity contribution in [2.75, 3.05) is 13.1 Å². The van der Waals surface area contributed by atoms with Gasteiger partial charge in [-0.2, -0.15) is 13.2 Å². The third-order valence-electron chi connectivity index (χ3n) is 8.44. The second-order valence-corrected chi connectivity index (χ2v) is 10.9. The third kappa shape index (κ3) is 4.18. The number of rotatable bonds is 5. The number of nitrogens with one attached hydrogen (secondary N) is 1. The zero-order chi connectivity index (χ0) is 26.4. The summed E-state index contributed by atoms with van der Waals surface area (Å²) >= 11 is 0. The average molecular weight is 533 g/mol. The first kappa shape index (κ1) is 24.6. The fourth-order valence-electron chi connectivity index (χ4n) is 6.66. The van der Waals surface area contributed by atoms with Gasteiger partial charge in [-0.05, 0) is 68.7 Å². The molecule has 13 heteroatoms. The summed E-state index contributed by atoms with van der Waals surface area (Å²) in [5, 5.41) is 3.02. The molecule has 7 rings (SSSR count). The summed E-state index contributed by atoms with van der Waals surface area (Å²) in [7, 11) is 0. The number of alkyl halides is 6. The van der Waals surface area contributed by atoms with E-state index in [2.05, 4.69) is 10.1 Å². The van der Waals surface area contributed by atoms with Crippen LogP contribution in [0.15, 0.2) is 18.2 Å². The first-order valence-electron chi connectivity index (χ1n) is 12.3. The maximum atomic E-state index is 13.0. The van der Waals surface area contributed by atoms with Gasteiger partial charge in [-0.3, -0.25) is 9.53 Å². The van der Waals surface area contributed by atoms with Gasteiger partial charge in [-0.1, -0.05) is 0 Å². The van der Waals surface area contributed by atoms with E-state index in [4.69, 9.17) is 4.74 Å². The number of hydrogen-bond acceptors (Lipinski definition) is 4. The molecule has 4 aliphatic carbocycles. The van der Waals surface area contributed by atoms with E-state index in [0.29, 0.717) is 44.3 Å². The van der Waals surface area contributed by atoms with Gasteiger partial charge < -0.3 is 19.9 Å². The number of urea groups is 1. The smallest absolute Gasteiger partial charge is 0.480 e. The molecule has 1 aromatic rings. The van der Waals surface area contributed by atoms with Crippen LogP contribution < -0.4 is 10.1 Å². The van der Waals surface area contributed by atoms with Crippen LogP contribution in [0.2, 0.25) is 0 Å². The van der Waals surface area contributed by atoms with Crippen LogP contribution in [0.25, 0.3) is 0 Å². The minimum absolute atomic E-state index is 0.161. The molecule has 7 nitrogen and oxygen atoms in total. The van der Waals surface area contributed by atoms with E-state index < -0.39 is 35.8 Å². The van der Waals surface area contributed by atoms with Gasteiger partial charge in [0.25, 0.3) is 5.91 Å². The highest BCUT2D eigenvalue weighted by molar-refractivity contribution is 5.84. The highest BCUT2D eigenvalue weighted by atomic mass is 19.4. The number of benzene rings is 1. The molecule has 1 saturated heterocycles. The van der Waals surface area contributed by atoms with Crippen LogP contribution in [-0.4, -0.2) is 70.5 Å². The highest BCUT2D eigenvalue weighted by Crippen LogP contribution is 2.64. The van der Waals surface area contributed by atoms with Crippen LogP contribution in [0, 0.1) is 0 Å². The molecule has 0 spiro atoms. The Labute approximate surface area is 208 Å². The van der Waals surface area contributed by atoms with E-state index >= 15 is 0 Å². The molecule has 2 aliphatic heterocycles. The van der Waals surface area contributed by atoms with Crippen LogP contribution in [0.5, 0.6) is 5.75 Å². The minimum Gasteiger partial charge on any atom is -0.480 e. The monoisotopic (exact) mass is 533 g/mol. The van der Waals surface area contributed by atoms with Gasteiger partial charge in [0, 0.05) is 24.7 Å². The molecular formula is C24H25F6N3O4. The lowest BCUT2D eigenvalue weighted by molar-refractivity contribution is -0.353. The zero-order valence-corrected chi connectivity index (χ0v) is 19.6. The summed E-state index contributed by atoms with van der Waals surface area (Å²) in [6.45, 7) is 0.946. The molecule has 6 aliphatic rings. The van der Waals surface area contributed by atoms with Crippen LogP contribution in [-0.2, 0) is 22.1 Å². The molecule has 202 valence electrons. The largest absolute Gasteiger partial charge is 0.522 e. The third-order valence-corrected chi connectivity index (χ3v) is 8.44. The Balaban J connectivity index is 0.995. The van der Waals surface area contributed by atoms with Gasteiger partial charge in [0.2, 0.25) is 0 Å². The van der Waals surface area contributed by atoms with Crippen molar-refractivity contribution in [1.82, 2.24) is 15.1 Å². The van der Waals surface area contributed by atoms with E-state index in [0.717, 1.165) is 12.1 Å². The van der Waals surface area contributed by atoms with E-state index in [1.54, 1.807) is 9.80 Å². The quantitative estimate of drug-likeness (QED) is 0.582. The topological polar surface area (TPSA) is 71.1 Å². The van der Waals surface area contributed by atoms with Crippen molar-refractivity contribution in [1.29, 1.82) is 0 Å². The summed E-state index contributed by atoms with van der Waals surface area (Å²) in [5.74, 6) is -0.0477. The number of amides is 3. The van der Waals surface area contributed by atoms with Crippen molar-refractivity contribution >= 4 is 11.9 Å². The lowest BCUT2D eigenvalue weighted by atomic mass is 9.43. The summed E-state index contributed by atoms with van der Waals surface area (Å²) in [6.07, 6.45) is -8.19. The van der Waals surface area contributed by atoms with Gasteiger partial charge in [-0.15, -0.1) is 13.2 Å². The maximum Gasteiger partial charge on any atom is 0.522 e. The SMILES string of the molecule is O=C(NC12CC(N3CCN(C4CC(OC(F)(F)F)C4)C3=O)(C1)C2)C1CCc2cc(C(F)(F)F)ccc2O1. The van der Waals surface area contributed by atoms with E-state index in [9.17, 15) is 35.9 Å². The average Bonchev–Trinajstić information content (AvgIpc) is 3.10. The fourth-order valence-corrected chi connectivity index (χ4v) is 6.66. The normalized spacial score (nSPS) is 34.6. The van der Waals surface area contributed by atoms with E-state index in [-0.39, 0.29) is 48.5 Å². The molecule has 5 fully saturated rings. The second-order valence-electron chi connectivity index (χ2n) is 10.9. The molecule has 1 aromatic carbocycles. The number of aryl methyl sites for hydroxylation is 1. The van der Waals surface area contributed by atoms with Gasteiger partial charge >= 0.3 is 18.6 Å². The summed E-state index contributed by atoms with van der Waals surface area (Å²) < 4.78 is 85.6. The summed E-state index contributed by atoms with van der Waals surface area (Å²) in [6, 6.07) is 2.80. The van der Waals surface area contributed by atoms with Crippen molar-refractivity contribution in [3.63, 3.8) is 0 Å². The molecule has 4 saturated carbocycles. The molecule has 37 heavy (non-hydrogen) atoms. The zero-order valence-electron chi connectivity index (χ0n) is 19.6. The molecule has 0 radical (unpaired) electrons. The Morgan fingerprint density at radius 2 is 1.78 bits per heavy atom. The van der Waals surface area contributed by atoms with Gasteiger partial charge in [0.1, 0.15) is 5.75 Å². The number of halogens is 6. The number of nitrogens with zero attached hydrogens (tertiary/aromatic N) is 2. The standard InChI is InChI=1S/C24H25F6N3O4/c25-23(26,27)14-2-4-17-13(7-14)1-3-18(36-17)19(34)31-21-10-22(11-21,12-21)33-6-5-32(20(33)35)15-8-16(9-15)37-24(28,29)30/h2,4,7,15-16,18H,1,3,5-6,8-12H2,(H,31,34). The Morgan fingerprint density at radius 1 is 1.08 bits per heavy atom. The summed E-state index contributed by atoms with van der Waals surface area (Å²) in [4.78, 5) is 29.3. The lowest BCUT2D eigenvalue weighted by Gasteiger charge is -2.73. The molecule has 1 unspecified atom stereocenters. The number of carbonyl (C=O) groups is 2. The Hall–Kier alpha value is -2.70. The number of hydrogen-bond donors (Lipinski definition) is 1. The Kier molecular flexibility index (Phi) is 5.26. The summed E-state index contributed by atoms with van der Waals surface area (Å²) in [5.41, 5.74) is -1.11. The van der Waals surface area contributed by atoms with Crippen LogP contribution >= 0.6 is 0 Å². The minimum atomic E-state index is -4.68. The van der Waals surface area contributed by atoms with Gasteiger partial charge in [0.05, 0.1) is 17.2 Å². The van der Waals surface area contributed by atoms with Crippen molar-refractivity contribution < 1.29 is 45.4 Å². The van der Waals surface area contributed by atoms with Gasteiger partial charge in [-0.25, -0.2) is 4.79 Å². The molecule has 0 aromatic heterocycles. The van der Waals surface area contributed by atoms with Crippen molar-refractivity contribution in [2.24, 2.45) is 0 Å². The molecule has 2 bridgehead atoms. The van der Waals surface area contributed by atoms with Crippen LogP contribution in [0.1, 0.15) is 49.7 Å². The molecule has 1 N–H and O–H groups in total. The second kappa shape index (κ2) is 7.90.